The Morgan fingerprint density at radius 3 is 2.56 bits per heavy atom. The Bertz CT molecular complexity index is 791. The van der Waals surface area contributed by atoms with E-state index >= 15 is 0 Å². The number of hydrogen-bond acceptors (Lipinski definition) is 2. The summed E-state index contributed by atoms with van der Waals surface area (Å²) in [7, 11) is 0. The predicted molar refractivity (Wildman–Crippen MR) is 98.6 cm³/mol. The molecular weight excluding hydrogens is 336 g/mol. The molecule has 2 aromatic rings. The Balaban J connectivity index is 1.65. The molecule has 0 radical (unpaired) electrons. The number of rotatable bonds is 5. The molecule has 1 aliphatic rings. The molecule has 25 heavy (non-hydrogen) atoms. The summed E-state index contributed by atoms with van der Waals surface area (Å²) < 4.78 is 0. The third kappa shape index (κ3) is 4.02. The summed E-state index contributed by atoms with van der Waals surface area (Å²) in [6.45, 7) is 3.00. The SMILES string of the molecule is CCc1ccccc1C(=O)NC1CC(=O)N(Cc2ccccc2Cl)C1. The van der Waals surface area contributed by atoms with Crippen molar-refractivity contribution in [3.63, 3.8) is 0 Å². The van der Waals surface area contributed by atoms with Crippen LogP contribution < -0.4 is 5.32 Å². The van der Waals surface area contributed by atoms with Crippen molar-refractivity contribution in [1.82, 2.24) is 10.2 Å². The van der Waals surface area contributed by atoms with E-state index in [-0.39, 0.29) is 17.9 Å². The van der Waals surface area contributed by atoms with Crippen LogP contribution in [0.4, 0.5) is 0 Å². The summed E-state index contributed by atoms with van der Waals surface area (Å²) in [6, 6.07) is 14.9. The Morgan fingerprint density at radius 1 is 1.16 bits per heavy atom. The van der Waals surface area contributed by atoms with Gasteiger partial charge in [-0.1, -0.05) is 54.9 Å². The minimum Gasteiger partial charge on any atom is -0.347 e. The lowest BCUT2D eigenvalue weighted by Crippen LogP contribution is -2.37. The first kappa shape index (κ1) is 17.5. The van der Waals surface area contributed by atoms with Gasteiger partial charge < -0.3 is 10.2 Å². The lowest BCUT2D eigenvalue weighted by Gasteiger charge is -2.18. The molecule has 1 atom stereocenters. The van der Waals surface area contributed by atoms with Crippen LogP contribution in [0.15, 0.2) is 48.5 Å². The third-order valence-corrected chi connectivity index (χ3v) is 4.88. The monoisotopic (exact) mass is 356 g/mol. The van der Waals surface area contributed by atoms with Crippen molar-refractivity contribution in [1.29, 1.82) is 0 Å². The van der Waals surface area contributed by atoms with Gasteiger partial charge in [-0.2, -0.15) is 0 Å². The van der Waals surface area contributed by atoms with Crippen LogP contribution in [0.5, 0.6) is 0 Å². The molecule has 1 N–H and O–H groups in total. The fraction of sp³-hybridized carbons (Fsp3) is 0.300. The van der Waals surface area contributed by atoms with E-state index in [0.29, 0.717) is 30.1 Å². The van der Waals surface area contributed by atoms with Gasteiger partial charge in [-0.25, -0.2) is 0 Å². The van der Waals surface area contributed by atoms with E-state index in [4.69, 9.17) is 11.6 Å². The molecule has 1 aliphatic heterocycles. The number of carbonyl (C=O) groups is 2. The van der Waals surface area contributed by atoms with Gasteiger partial charge in [-0.05, 0) is 29.7 Å². The second-order valence-electron chi connectivity index (χ2n) is 6.25. The minimum absolute atomic E-state index is 0.0361. The molecule has 0 bridgehead atoms. The number of halogens is 1. The molecule has 1 saturated heterocycles. The number of nitrogens with one attached hydrogen (secondary N) is 1. The van der Waals surface area contributed by atoms with Crippen molar-refractivity contribution >= 4 is 23.4 Å². The fourth-order valence-electron chi connectivity index (χ4n) is 3.17. The van der Waals surface area contributed by atoms with Gasteiger partial charge in [0.2, 0.25) is 5.91 Å². The highest BCUT2D eigenvalue weighted by Crippen LogP contribution is 2.21. The molecule has 4 nitrogen and oxygen atoms in total. The zero-order valence-corrected chi connectivity index (χ0v) is 14.9. The van der Waals surface area contributed by atoms with Crippen LogP contribution in [0.1, 0.15) is 34.8 Å². The first-order valence-electron chi connectivity index (χ1n) is 8.48. The average molecular weight is 357 g/mol. The maximum Gasteiger partial charge on any atom is 0.251 e. The molecule has 0 saturated carbocycles. The Hall–Kier alpha value is -2.33. The highest BCUT2D eigenvalue weighted by molar-refractivity contribution is 6.31. The Labute approximate surface area is 152 Å². The lowest BCUT2D eigenvalue weighted by atomic mass is 10.0. The number of likely N-dealkylation sites (tertiary alicyclic amines) is 1. The Kier molecular flexibility index (Phi) is 5.39. The highest BCUT2D eigenvalue weighted by atomic mass is 35.5. The zero-order valence-electron chi connectivity index (χ0n) is 14.2. The van der Waals surface area contributed by atoms with E-state index in [1.54, 1.807) is 4.90 Å². The van der Waals surface area contributed by atoms with Crippen molar-refractivity contribution in [3.8, 4) is 0 Å². The van der Waals surface area contributed by atoms with E-state index in [0.717, 1.165) is 17.5 Å². The summed E-state index contributed by atoms with van der Waals surface area (Å²) >= 11 is 6.18. The van der Waals surface area contributed by atoms with Crippen LogP contribution in [0, 0.1) is 0 Å². The molecule has 0 spiro atoms. The smallest absolute Gasteiger partial charge is 0.251 e. The van der Waals surface area contributed by atoms with Crippen molar-refractivity contribution in [2.75, 3.05) is 6.54 Å². The first-order chi connectivity index (χ1) is 12.1. The van der Waals surface area contributed by atoms with Gasteiger partial charge in [0.25, 0.3) is 5.91 Å². The first-order valence-corrected chi connectivity index (χ1v) is 8.86. The van der Waals surface area contributed by atoms with Crippen LogP contribution in [-0.2, 0) is 17.8 Å². The molecule has 1 unspecified atom stereocenters. The van der Waals surface area contributed by atoms with Crippen LogP contribution in [0.2, 0.25) is 5.02 Å². The molecular formula is C20H21ClN2O2. The molecule has 5 heteroatoms. The number of amides is 2. The molecule has 130 valence electrons. The predicted octanol–water partition coefficient (Wildman–Crippen LogP) is 3.43. The van der Waals surface area contributed by atoms with Gasteiger partial charge in [0.15, 0.2) is 0 Å². The van der Waals surface area contributed by atoms with Gasteiger partial charge in [0.05, 0.1) is 6.04 Å². The van der Waals surface area contributed by atoms with Gasteiger partial charge >= 0.3 is 0 Å². The van der Waals surface area contributed by atoms with Gasteiger partial charge in [-0.3, -0.25) is 9.59 Å². The minimum atomic E-state index is -0.174. The number of benzene rings is 2. The number of hydrogen-bond donors (Lipinski definition) is 1. The molecule has 1 heterocycles. The number of carbonyl (C=O) groups excluding carboxylic acids is 2. The Morgan fingerprint density at radius 2 is 1.84 bits per heavy atom. The standard InChI is InChI=1S/C20H21ClN2O2/c1-2-14-7-3-5-9-17(14)20(25)22-16-11-19(24)23(13-16)12-15-8-4-6-10-18(15)21/h3-10,16H,2,11-13H2,1H3,(H,22,25). The quantitative estimate of drug-likeness (QED) is 0.892. The summed E-state index contributed by atoms with van der Waals surface area (Å²) in [6.07, 6.45) is 1.12. The third-order valence-electron chi connectivity index (χ3n) is 4.51. The molecule has 3 rings (SSSR count). The lowest BCUT2D eigenvalue weighted by molar-refractivity contribution is -0.128. The topological polar surface area (TPSA) is 49.4 Å². The summed E-state index contributed by atoms with van der Waals surface area (Å²) in [5.41, 5.74) is 2.61. The van der Waals surface area contributed by atoms with E-state index in [9.17, 15) is 9.59 Å². The molecule has 2 aromatic carbocycles. The molecule has 1 fully saturated rings. The fourth-order valence-corrected chi connectivity index (χ4v) is 3.36. The summed E-state index contributed by atoms with van der Waals surface area (Å²) in [4.78, 5) is 26.6. The van der Waals surface area contributed by atoms with E-state index in [1.165, 1.54) is 0 Å². The van der Waals surface area contributed by atoms with Gasteiger partial charge in [0, 0.05) is 30.1 Å². The number of aryl methyl sites for hydroxylation is 1. The maximum atomic E-state index is 12.5. The maximum absolute atomic E-state index is 12.5. The highest BCUT2D eigenvalue weighted by Gasteiger charge is 2.31. The molecule has 2 amide bonds. The molecule has 0 aromatic heterocycles. The average Bonchev–Trinajstić information content (AvgIpc) is 2.96. The second kappa shape index (κ2) is 7.70. The van der Waals surface area contributed by atoms with Crippen LogP contribution in [-0.4, -0.2) is 29.3 Å². The number of nitrogens with zero attached hydrogens (tertiary/aromatic N) is 1. The van der Waals surface area contributed by atoms with E-state index in [2.05, 4.69) is 5.32 Å². The van der Waals surface area contributed by atoms with E-state index in [1.807, 2.05) is 55.5 Å². The second-order valence-corrected chi connectivity index (χ2v) is 6.66. The van der Waals surface area contributed by atoms with Crippen molar-refractivity contribution < 1.29 is 9.59 Å². The van der Waals surface area contributed by atoms with Crippen LogP contribution >= 0.6 is 11.6 Å². The van der Waals surface area contributed by atoms with Crippen molar-refractivity contribution in [3.05, 3.63) is 70.2 Å². The normalized spacial score (nSPS) is 17.0. The summed E-state index contributed by atoms with van der Waals surface area (Å²) in [5, 5.41) is 3.65. The van der Waals surface area contributed by atoms with Crippen molar-refractivity contribution in [2.24, 2.45) is 0 Å². The largest absolute Gasteiger partial charge is 0.347 e. The van der Waals surface area contributed by atoms with Gasteiger partial charge in [0.1, 0.15) is 0 Å². The van der Waals surface area contributed by atoms with Crippen LogP contribution in [0.25, 0.3) is 0 Å². The summed E-state index contributed by atoms with van der Waals surface area (Å²) in [5.74, 6) is -0.0798. The van der Waals surface area contributed by atoms with Gasteiger partial charge in [-0.15, -0.1) is 0 Å². The van der Waals surface area contributed by atoms with Crippen LogP contribution in [0.3, 0.4) is 0 Å². The zero-order chi connectivity index (χ0) is 17.8. The van der Waals surface area contributed by atoms with E-state index < -0.39 is 0 Å². The van der Waals surface area contributed by atoms with Crippen molar-refractivity contribution in [2.45, 2.75) is 32.4 Å². The molecule has 0 aliphatic carbocycles.